The smallest absolute Gasteiger partial charge is 0.179 e. The summed E-state index contributed by atoms with van der Waals surface area (Å²) in [4.78, 5) is 16.2. The van der Waals surface area contributed by atoms with Gasteiger partial charge in [-0.1, -0.05) is 0 Å². The Morgan fingerprint density at radius 2 is 2.06 bits per heavy atom. The molecule has 6 rings (SSSR count). The first-order valence-corrected chi connectivity index (χ1v) is 11.2. The van der Waals surface area contributed by atoms with Crippen molar-refractivity contribution in [2.75, 3.05) is 56.2 Å². The number of ether oxygens (including phenoxy) is 1. The molecule has 2 unspecified atom stereocenters. The Bertz CT molecular complexity index is 1070. The van der Waals surface area contributed by atoms with Crippen LogP contribution in [0.25, 0.3) is 17.0 Å². The average molecular weight is 441 g/mol. The molecule has 0 spiro atoms. The molecule has 2 N–H and O–H groups in total. The Balaban J connectivity index is 1.47. The van der Waals surface area contributed by atoms with Crippen molar-refractivity contribution in [3.05, 3.63) is 24.5 Å². The number of aromatic amines is 1. The van der Waals surface area contributed by atoms with Crippen LogP contribution in [0, 0.1) is 0 Å². The third kappa shape index (κ3) is 3.41. The van der Waals surface area contributed by atoms with Gasteiger partial charge in [-0.05, 0) is 26.0 Å². The number of morpholine rings is 1. The second kappa shape index (κ2) is 8.00. The van der Waals surface area contributed by atoms with Crippen LogP contribution >= 0.6 is 0 Å². The number of H-pyrrole nitrogens is 1. The van der Waals surface area contributed by atoms with E-state index in [1.54, 1.807) is 6.20 Å². The van der Waals surface area contributed by atoms with E-state index in [1.807, 2.05) is 16.8 Å². The molecule has 0 aliphatic carbocycles. The van der Waals surface area contributed by atoms with Gasteiger partial charge in [-0.15, -0.1) is 5.10 Å². The van der Waals surface area contributed by atoms with Crippen molar-refractivity contribution in [3.8, 4) is 11.5 Å². The Kier molecular flexibility index (Phi) is 4.98. The summed E-state index contributed by atoms with van der Waals surface area (Å²) in [5.41, 5.74) is 2.78. The Hall–Kier alpha value is -2.73. The maximum atomic E-state index is 9.23. The molecule has 32 heavy (non-hydrogen) atoms. The van der Waals surface area contributed by atoms with E-state index in [1.165, 1.54) is 0 Å². The molecule has 11 heteroatoms. The van der Waals surface area contributed by atoms with Crippen molar-refractivity contribution >= 4 is 17.0 Å². The minimum atomic E-state index is 0.0178. The first kappa shape index (κ1) is 19.9. The van der Waals surface area contributed by atoms with Gasteiger partial charge in [0.2, 0.25) is 0 Å². The van der Waals surface area contributed by atoms with E-state index in [9.17, 15) is 5.26 Å². The minimum absolute atomic E-state index is 0.0178. The molecule has 170 valence electrons. The van der Waals surface area contributed by atoms with Crippen LogP contribution in [-0.4, -0.2) is 99.6 Å². The van der Waals surface area contributed by atoms with E-state index >= 15 is 0 Å². The lowest BCUT2D eigenvalue weighted by atomic mass is 10.1. The standard InChI is InChI=1S/C21H28N8O3/c1-26-6-7-28(14(10-26)13-31-30)18-8-20(27-11-15-2-3-16(12-27)32-15)25-29-19(18)9-22-21(29)17-4-5-23-24-17/h4-5,8-9,14-16,30H,2-3,6-7,10-13H2,1H3,(H,23,24)/t14-,15?,16?/m0/s1. The van der Waals surface area contributed by atoms with Gasteiger partial charge in [-0.3, -0.25) is 10.4 Å². The number of imidazole rings is 1. The molecular weight excluding hydrogens is 412 g/mol. The molecule has 6 heterocycles. The van der Waals surface area contributed by atoms with E-state index in [0.29, 0.717) is 0 Å². The van der Waals surface area contributed by atoms with Gasteiger partial charge in [0.05, 0.1) is 30.1 Å². The van der Waals surface area contributed by atoms with Crippen LogP contribution in [-0.2, 0) is 9.62 Å². The zero-order valence-electron chi connectivity index (χ0n) is 18.1. The molecule has 3 aromatic rings. The summed E-state index contributed by atoms with van der Waals surface area (Å²) in [5.74, 6) is 1.63. The number of nitrogens with zero attached hydrogens (tertiary/aromatic N) is 7. The van der Waals surface area contributed by atoms with Gasteiger partial charge in [0, 0.05) is 45.0 Å². The lowest BCUT2D eigenvalue weighted by Crippen LogP contribution is -2.54. The largest absolute Gasteiger partial charge is 0.371 e. The maximum Gasteiger partial charge on any atom is 0.179 e. The Morgan fingerprint density at radius 1 is 1.22 bits per heavy atom. The average Bonchev–Trinajstić information content (AvgIpc) is 3.53. The van der Waals surface area contributed by atoms with Crippen molar-refractivity contribution in [2.45, 2.75) is 31.1 Å². The number of rotatable bonds is 5. The second-order valence-electron chi connectivity index (χ2n) is 9.00. The minimum Gasteiger partial charge on any atom is -0.371 e. The molecule has 11 nitrogen and oxygen atoms in total. The normalized spacial score (nSPS) is 26.4. The molecule has 3 saturated heterocycles. The highest BCUT2D eigenvalue weighted by Gasteiger charge is 2.35. The van der Waals surface area contributed by atoms with Crippen LogP contribution < -0.4 is 9.80 Å². The highest BCUT2D eigenvalue weighted by Crippen LogP contribution is 2.34. The molecule has 0 radical (unpaired) electrons. The highest BCUT2D eigenvalue weighted by molar-refractivity contribution is 5.78. The Labute approximate surface area is 185 Å². The van der Waals surface area contributed by atoms with Crippen LogP contribution in [0.3, 0.4) is 0 Å². The summed E-state index contributed by atoms with van der Waals surface area (Å²) in [6.45, 7) is 4.46. The molecule has 0 saturated carbocycles. The summed E-state index contributed by atoms with van der Waals surface area (Å²) in [7, 11) is 2.09. The predicted molar refractivity (Wildman–Crippen MR) is 118 cm³/mol. The fraction of sp³-hybridized carbons (Fsp3) is 0.571. The number of hydrogen-bond donors (Lipinski definition) is 2. The number of piperazine rings is 1. The number of anilines is 2. The number of hydrogen-bond acceptors (Lipinski definition) is 9. The van der Waals surface area contributed by atoms with Gasteiger partial charge >= 0.3 is 0 Å². The fourth-order valence-corrected chi connectivity index (χ4v) is 5.26. The highest BCUT2D eigenvalue weighted by atomic mass is 17.1. The fourth-order valence-electron chi connectivity index (χ4n) is 5.26. The summed E-state index contributed by atoms with van der Waals surface area (Å²) in [6, 6.07) is 4.08. The molecule has 2 bridgehead atoms. The number of aromatic nitrogens is 5. The third-order valence-electron chi connectivity index (χ3n) is 6.84. The first-order chi connectivity index (χ1) is 15.7. The summed E-state index contributed by atoms with van der Waals surface area (Å²) >= 11 is 0. The van der Waals surface area contributed by atoms with E-state index in [0.717, 1.165) is 74.1 Å². The number of nitrogens with one attached hydrogen (secondary N) is 1. The summed E-state index contributed by atoms with van der Waals surface area (Å²) < 4.78 is 7.96. The van der Waals surface area contributed by atoms with E-state index in [4.69, 9.17) is 9.84 Å². The quantitative estimate of drug-likeness (QED) is 0.445. The van der Waals surface area contributed by atoms with Crippen molar-refractivity contribution in [1.29, 1.82) is 0 Å². The molecule has 3 aliphatic heterocycles. The van der Waals surface area contributed by atoms with Crippen molar-refractivity contribution < 1.29 is 14.9 Å². The van der Waals surface area contributed by atoms with Crippen molar-refractivity contribution in [3.63, 3.8) is 0 Å². The second-order valence-corrected chi connectivity index (χ2v) is 9.00. The Morgan fingerprint density at radius 3 is 2.81 bits per heavy atom. The van der Waals surface area contributed by atoms with Gasteiger partial charge in [0.1, 0.15) is 17.8 Å². The van der Waals surface area contributed by atoms with Crippen LogP contribution in [0.2, 0.25) is 0 Å². The van der Waals surface area contributed by atoms with Crippen LogP contribution in [0.5, 0.6) is 0 Å². The molecular formula is C21H28N8O3. The molecule has 3 aliphatic rings. The number of likely N-dealkylation sites (N-methyl/N-ethyl adjacent to an activating group) is 1. The van der Waals surface area contributed by atoms with Crippen LogP contribution in [0.4, 0.5) is 11.5 Å². The van der Waals surface area contributed by atoms with Crippen molar-refractivity contribution in [2.24, 2.45) is 0 Å². The molecule has 0 amide bonds. The van der Waals surface area contributed by atoms with Crippen LogP contribution in [0.1, 0.15) is 12.8 Å². The predicted octanol–water partition coefficient (Wildman–Crippen LogP) is 1.10. The van der Waals surface area contributed by atoms with E-state index < -0.39 is 0 Å². The summed E-state index contributed by atoms with van der Waals surface area (Å²) in [6.07, 6.45) is 6.33. The van der Waals surface area contributed by atoms with E-state index in [-0.39, 0.29) is 24.9 Å². The van der Waals surface area contributed by atoms with Gasteiger partial charge in [-0.25, -0.2) is 14.4 Å². The third-order valence-corrected chi connectivity index (χ3v) is 6.84. The van der Waals surface area contributed by atoms with Gasteiger partial charge in [0.25, 0.3) is 0 Å². The molecule has 3 fully saturated rings. The molecule has 3 atom stereocenters. The van der Waals surface area contributed by atoms with Gasteiger partial charge < -0.3 is 19.4 Å². The molecule has 3 aromatic heterocycles. The maximum absolute atomic E-state index is 9.23. The first-order valence-electron chi connectivity index (χ1n) is 11.2. The van der Waals surface area contributed by atoms with Crippen LogP contribution in [0.15, 0.2) is 24.5 Å². The number of fused-ring (bicyclic) bond motifs is 3. The lowest BCUT2D eigenvalue weighted by molar-refractivity contribution is -0.246. The van der Waals surface area contributed by atoms with E-state index in [2.05, 4.69) is 47.9 Å². The van der Waals surface area contributed by atoms with Gasteiger partial charge in [-0.2, -0.15) is 5.10 Å². The SMILES string of the molecule is CN1CCN(c2cc(N3CC4CCC(C3)O4)nn3c(-c4ccn[nH]4)ncc23)[C@H](COO)C1. The topological polar surface area (TPSA) is 107 Å². The zero-order valence-corrected chi connectivity index (χ0v) is 18.1. The van der Waals surface area contributed by atoms with Crippen molar-refractivity contribution in [1.82, 2.24) is 29.7 Å². The monoisotopic (exact) mass is 440 g/mol. The molecule has 0 aromatic carbocycles. The lowest BCUT2D eigenvalue weighted by Gasteiger charge is -2.41. The van der Waals surface area contributed by atoms with Gasteiger partial charge in [0.15, 0.2) is 11.6 Å². The summed E-state index contributed by atoms with van der Waals surface area (Å²) in [5, 5.41) is 21.3. The zero-order chi connectivity index (χ0) is 21.7.